The van der Waals surface area contributed by atoms with Gasteiger partial charge in [0, 0.05) is 23.6 Å². The van der Waals surface area contributed by atoms with Crippen LogP contribution in [-0.2, 0) is 11.3 Å². The van der Waals surface area contributed by atoms with Gasteiger partial charge in [-0.05, 0) is 43.5 Å². The molecule has 0 radical (unpaired) electrons. The van der Waals surface area contributed by atoms with Crippen LogP contribution in [-0.4, -0.2) is 28.6 Å². The SMILES string of the molecule is CC1CCC(C(=O)O)CN1Cc1cc(F)cc(Br)c1. The van der Waals surface area contributed by atoms with E-state index in [2.05, 4.69) is 27.8 Å². The molecule has 0 spiro atoms. The van der Waals surface area contributed by atoms with E-state index in [1.165, 1.54) is 12.1 Å². The van der Waals surface area contributed by atoms with Crippen molar-refractivity contribution in [1.82, 2.24) is 4.90 Å². The number of hydrogen-bond donors (Lipinski definition) is 1. The minimum Gasteiger partial charge on any atom is -0.481 e. The summed E-state index contributed by atoms with van der Waals surface area (Å²) in [7, 11) is 0. The molecule has 104 valence electrons. The summed E-state index contributed by atoms with van der Waals surface area (Å²) in [5, 5.41) is 9.10. The molecular formula is C14H17BrFNO2. The second-order valence-electron chi connectivity index (χ2n) is 5.17. The van der Waals surface area contributed by atoms with Gasteiger partial charge in [0.05, 0.1) is 5.92 Å². The zero-order valence-corrected chi connectivity index (χ0v) is 12.4. The fourth-order valence-electron chi connectivity index (χ4n) is 2.54. The van der Waals surface area contributed by atoms with Crippen LogP contribution in [0.15, 0.2) is 22.7 Å². The molecule has 1 N–H and O–H groups in total. The Morgan fingerprint density at radius 2 is 2.21 bits per heavy atom. The van der Waals surface area contributed by atoms with E-state index in [1.54, 1.807) is 0 Å². The lowest BCUT2D eigenvalue weighted by atomic mass is 9.93. The second kappa shape index (κ2) is 6.01. The Balaban J connectivity index is 2.09. The zero-order valence-electron chi connectivity index (χ0n) is 10.8. The molecule has 1 aliphatic rings. The lowest BCUT2D eigenvalue weighted by molar-refractivity contribution is -0.144. The van der Waals surface area contributed by atoms with Gasteiger partial charge in [-0.2, -0.15) is 0 Å². The predicted molar refractivity (Wildman–Crippen MR) is 74.3 cm³/mol. The van der Waals surface area contributed by atoms with Crippen molar-refractivity contribution >= 4 is 21.9 Å². The Labute approximate surface area is 120 Å². The molecule has 1 fully saturated rings. The van der Waals surface area contributed by atoms with Gasteiger partial charge in [0.15, 0.2) is 0 Å². The predicted octanol–water partition coefficient (Wildman–Crippen LogP) is 3.27. The van der Waals surface area contributed by atoms with Gasteiger partial charge in [0.2, 0.25) is 0 Å². The second-order valence-corrected chi connectivity index (χ2v) is 6.08. The molecular weight excluding hydrogens is 313 g/mol. The van der Waals surface area contributed by atoms with Gasteiger partial charge in [0.1, 0.15) is 5.82 Å². The summed E-state index contributed by atoms with van der Waals surface area (Å²) in [6, 6.07) is 5.13. The third kappa shape index (κ3) is 3.76. The molecule has 1 aromatic rings. The van der Waals surface area contributed by atoms with Crippen molar-refractivity contribution in [3.05, 3.63) is 34.1 Å². The van der Waals surface area contributed by atoms with E-state index < -0.39 is 5.97 Å². The highest BCUT2D eigenvalue weighted by Crippen LogP contribution is 2.25. The summed E-state index contributed by atoms with van der Waals surface area (Å²) in [5.74, 6) is -1.32. The maximum absolute atomic E-state index is 13.3. The maximum atomic E-state index is 13.3. The van der Waals surface area contributed by atoms with E-state index in [9.17, 15) is 9.18 Å². The molecule has 2 unspecified atom stereocenters. The fourth-order valence-corrected chi connectivity index (χ4v) is 3.05. The molecule has 1 heterocycles. The molecule has 2 atom stereocenters. The molecule has 19 heavy (non-hydrogen) atoms. The molecule has 2 rings (SSSR count). The number of likely N-dealkylation sites (tertiary alicyclic amines) is 1. The Bertz CT molecular complexity index is 460. The smallest absolute Gasteiger partial charge is 0.307 e. The van der Waals surface area contributed by atoms with Crippen molar-refractivity contribution in [2.75, 3.05) is 6.54 Å². The lowest BCUT2D eigenvalue weighted by Crippen LogP contribution is -2.43. The quantitative estimate of drug-likeness (QED) is 0.925. The summed E-state index contributed by atoms with van der Waals surface area (Å²) in [6.45, 7) is 3.21. The average Bonchev–Trinajstić information content (AvgIpc) is 2.30. The number of hydrogen-bond acceptors (Lipinski definition) is 2. The molecule has 1 aliphatic heterocycles. The van der Waals surface area contributed by atoms with Crippen molar-refractivity contribution < 1.29 is 14.3 Å². The lowest BCUT2D eigenvalue weighted by Gasteiger charge is -2.36. The van der Waals surface area contributed by atoms with E-state index >= 15 is 0 Å². The summed E-state index contributed by atoms with van der Waals surface area (Å²) < 4.78 is 14.1. The first-order valence-electron chi connectivity index (χ1n) is 6.37. The number of carbonyl (C=O) groups is 1. The van der Waals surface area contributed by atoms with Crippen LogP contribution in [0.1, 0.15) is 25.3 Å². The van der Waals surface area contributed by atoms with Crippen LogP contribution in [0.2, 0.25) is 0 Å². The minimum absolute atomic E-state index is 0.274. The van der Waals surface area contributed by atoms with E-state index in [0.717, 1.165) is 18.4 Å². The Kier molecular flexibility index (Phi) is 4.58. The number of carboxylic acid groups (broad SMARTS) is 1. The molecule has 0 bridgehead atoms. The number of nitrogens with zero attached hydrogens (tertiary/aromatic N) is 1. The van der Waals surface area contributed by atoms with Gasteiger partial charge in [-0.15, -0.1) is 0 Å². The van der Waals surface area contributed by atoms with Crippen LogP contribution >= 0.6 is 15.9 Å². The molecule has 3 nitrogen and oxygen atoms in total. The van der Waals surface area contributed by atoms with E-state index in [4.69, 9.17) is 5.11 Å². The van der Waals surface area contributed by atoms with Crippen LogP contribution in [0.3, 0.4) is 0 Å². The van der Waals surface area contributed by atoms with Gasteiger partial charge >= 0.3 is 5.97 Å². The van der Waals surface area contributed by atoms with Crippen molar-refractivity contribution in [2.24, 2.45) is 5.92 Å². The van der Waals surface area contributed by atoms with E-state index in [0.29, 0.717) is 23.6 Å². The third-order valence-electron chi connectivity index (χ3n) is 3.67. The Hall–Kier alpha value is -0.940. The first kappa shape index (κ1) is 14.5. The van der Waals surface area contributed by atoms with Crippen molar-refractivity contribution in [3.63, 3.8) is 0 Å². The zero-order chi connectivity index (χ0) is 14.0. The number of aliphatic carboxylic acids is 1. The molecule has 1 aromatic carbocycles. The van der Waals surface area contributed by atoms with Crippen molar-refractivity contribution in [2.45, 2.75) is 32.4 Å². The largest absolute Gasteiger partial charge is 0.481 e. The fraction of sp³-hybridized carbons (Fsp3) is 0.500. The Morgan fingerprint density at radius 3 is 2.84 bits per heavy atom. The van der Waals surface area contributed by atoms with Crippen LogP contribution in [0.25, 0.3) is 0 Å². The number of piperidine rings is 1. The summed E-state index contributed by atoms with van der Waals surface area (Å²) >= 11 is 3.28. The topological polar surface area (TPSA) is 40.5 Å². The maximum Gasteiger partial charge on any atom is 0.307 e. The Morgan fingerprint density at radius 1 is 1.47 bits per heavy atom. The summed E-state index contributed by atoms with van der Waals surface area (Å²) in [6.07, 6.45) is 1.59. The molecule has 0 aliphatic carbocycles. The minimum atomic E-state index is -0.739. The number of carboxylic acids is 1. The number of halogens is 2. The van der Waals surface area contributed by atoms with Gasteiger partial charge in [-0.1, -0.05) is 15.9 Å². The number of rotatable bonds is 3. The standard InChI is InChI=1S/C14H17BrFNO2/c1-9-2-3-11(14(18)19)8-17(9)7-10-4-12(15)6-13(16)5-10/h4-6,9,11H,2-3,7-8H2,1H3,(H,18,19). The van der Waals surface area contributed by atoms with Gasteiger partial charge in [-0.25, -0.2) is 4.39 Å². The highest BCUT2D eigenvalue weighted by Gasteiger charge is 2.29. The molecule has 0 aromatic heterocycles. The number of benzene rings is 1. The molecule has 5 heteroatoms. The van der Waals surface area contributed by atoms with Gasteiger partial charge in [0.25, 0.3) is 0 Å². The first-order valence-corrected chi connectivity index (χ1v) is 7.17. The van der Waals surface area contributed by atoms with Crippen molar-refractivity contribution in [1.29, 1.82) is 0 Å². The van der Waals surface area contributed by atoms with E-state index in [-0.39, 0.29) is 11.7 Å². The molecule has 0 saturated carbocycles. The third-order valence-corrected chi connectivity index (χ3v) is 4.13. The average molecular weight is 330 g/mol. The first-order chi connectivity index (χ1) is 8.95. The monoisotopic (exact) mass is 329 g/mol. The highest BCUT2D eigenvalue weighted by atomic mass is 79.9. The highest BCUT2D eigenvalue weighted by molar-refractivity contribution is 9.10. The molecule has 1 saturated heterocycles. The van der Waals surface area contributed by atoms with Crippen LogP contribution in [0.5, 0.6) is 0 Å². The normalized spacial score (nSPS) is 24.4. The summed E-state index contributed by atoms with van der Waals surface area (Å²) in [5.41, 5.74) is 0.866. The summed E-state index contributed by atoms with van der Waals surface area (Å²) in [4.78, 5) is 13.2. The molecule has 0 amide bonds. The van der Waals surface area contributed by atoms with Crippen molar-refractivity contribution in [3.8, 4) is 0 Å². The van der Waals surface area contributed by atoms with E-state index in [1.807, 2.05) is 6.07 Å². The van der Waals surface area contributed by atoms with Gasteiger partial charge < -0.3 is 5.11 Å². The van der Waals surface area contributed by atoms with Gasteiger partial charge in [-0.3, -0.25) is 9.69 Å². The van der Waals surface area contributed by atoms with Crippen LogP contribution < -0.4 is 0 Å². The van der Waals surface area contributed by atoms with Crippen LogP contribution in [0, 0.1) is 11.7 Å². The van der Waals surface area contributed by atoms with Crippen LogP contribution in [0.4, 0.5) is 4.39 Å².